The van der Waals surface area contributed by atoms with E-state index in [0.717, 1.165) is 24.2 Å². The van der Waals surface area contributed by atoms with Gasteiger partial charge in [0.1, 0.15) is 5.82 Å². The average molecular weight is 409 g/mol. The summed E-state index contributed by atoms with van der Waals surface area (Å²) in [5.41, 5.74) is 2.18. The molecule has 0 saturated carbocycles. The Bertz CT molecular complexity index is 1030. The van der Waals surface area contributed by atoms with Gasteiger partial charge in [0.25, 0.3) is 0 Å². The third-order valence-corrected chi connectivity index (χ3v) is 6.60. The van der Waals surface area contributed by atoms with E-state index in [4.69, 9.17) is 0 Å². The number of benzene rings is 2. The molecule has 1 aromatic heterocycles. The second kappa shape index (κ2) is 8.47. The Morgan fingerprint density at radius 1 is 1.10 bits per heavy atom. The van der Waals surface area contributed by atoms with Gasteiger partial charge >= 0.3 is 0 Å². The molecule has 1 fully saturated rings. The van der Waals surface area contributed by atoms with Crippen molar-refractivity contribution in [2.24, 2.45) is 0 Å². The number of thiophene rings is 1. The van der Waals surface area contributed by atoms with Crippen LogP contribution in [0.3, 0.4) is 0 Å². The molecule has 5 heteroatoms. The van der Waals surface area contributed by atoms with Crippen molar-refractivity contribution in [2.45, 2.75) is 32.5 Å². The molecule has 0 spiro atoms. The van der Waals surface area contributed by atoms with E-state index in [1.54, 1.807) is 17.4 Å². The van der Waals surface area contributed by atoms with Crippen LogP contribution in [0.4, 0.5) is 4.39 Å². The Morgan fingerprint density at radius 2 is 1.86 bits per heavy atom. The summed E-state index contributed by atoms with van der Waals surface area (Å²) in [7, 11) is 0. The maximum atomic E-state index is 13.1. The molecule has 0 aliphatic carbocycles. The van der Waals surface area contributed by atoms with Gasteiger partial charge in [-0.15, -0.1) is 11.3 Å². The third-order valence-electron chi connectivity index (χ3n) is 5.61. The fourth-order valence-electron chi connectivity index (χ4n) is 3.93. The third kappa shape index (κ3) is 4.41. The minimum absolute atomic E-state index is 0.0565. The first-order valence-corrected chi connectivity index (χ1v) is 10.8. The molecule has 1 aliphatic heterocycles. The number of fused-ring (bicyclic) bond motifs is 1. The number of hydrogen-bond donors (Lipinski definition) is 0. The second-order valence-electron chi connectivity index (χ2n) is 7.77. The highest BCUT2D eigenvalue weighted by Gasteiger charge is 2.31. The maximum absolute atomic E-state index is 13.1. The van der Waals surface area contributed by atoms with E-state index in [1.165, 1.54) is 22.2 Å². The topological polar surface area (TPSA) is 23.6 Å². The van der Waals surface area contributed by atoms with Crippen molar-refractivity contribution in [3.05, 3.63) is 76.9 Å². The van der Waals surface area contributed by atoms with Crippen LogP contribution in [0.25, 0.3) is 16.2 Å². The molecule has 0 radical (unpaired) electrons. The fourth-order valence-corrected chi connectivity index (χ4v) is 4.86. The first kappa shape index (κ1) is 19.8. The van der Waals surface area contributed by atoms with Crippen molar-refractivity contribution in [3.63, 3.8) is 0 Å². The number of hydrogen-bond acceptors (Lipinski definition) is 3. The average Bonchev–Trinajstić information content (AvgIpc) is 3.13. The van der Waals surface area contributed by atoms with Crippen LogP contribution >= 0.6 is 11.3 Å². The number of rotatable bonds is 4. The van der Waals surface area contributed by atoms with E-state index in [9.17, 15) is 9.18 Å². The summed E-state index contributed by atoms with van der Waals surface area (Å²) in [6, 6.07) is 15.3. The highest BCUT2D eigenvalue weighted by Crippen LogP contribution is 2.27. The van der Waals surface area contributed by atoms with Gasteiger partial charge in [-0.3, -0.25) is 9.69 Å². The quantitative estimate of drug-likeness (QED) is 0.556. The van der Waals surface area contributed by atoms with Crippen LogP contribution in [0.2, 0.25) is 0 Å². The molecule has 0 bridgehead atoms. The van der Waals surface area contributed by atoms with Crippen LogP contribution in [0.5, 0.6) is 0 Å². The number of carbonyl (C=O) groups is 1. The van der Waals surface area contributed by atoms with Gasteiger partial charge in [-0.25, -0.2) is 4.39 Å². The number of amides is 1. The molecule has 0 N–H and O–H groups in total. The second-order valence-corrected chi connectivity index (χ2v) is 8.68. The summed E-state index contributed by atoms with van der Waals surface area (Å²) in [5.74, 6) is -0.156. The van der Waals surface area contributed by atoms with Crippen LogP contribution in [0, 0.1) is 5.82 Å². The zero-order valence-electron chi connectivity index (χ0n) is 16.7. The first-order valence-electron chi connectivity index (χ1n) is 9.94. The zero-order valence-corrected chi connectivity index (χ0v) is 17.5. The first-order chi connectivity index (χ1) is 14.0. The van der Waals surface area contributed by atoms with Crippen LogP contribution in [0.1, 0.15) is 25.0 Å². The number of nitrogens with zero attached hydrogens (tertiary/aromatic N) is 2. The van der Waals surface area contributed by atoms with Crippen molar-refractivity contribution in [3.8, 4) is 0 Å². The molecule has 4 rings (SSSR count). The molecule has 29 heavy (non-hydrogen) atoms. The molecule has 1 saturated heterocycles. The standard InChI is InChI=1S/C24H25FN2OS/c1-17-14-27(18(2)13-26(17)15-19-7-10-21(25)11-8-19)24(28)12-9-20-16-29-23-6-4-3-5-22(20)23/h3-12,16-18H,13-15H2,1-2H3/b12-9+. The van der Waals surface area contributed by atoms with Crippen molar-refractivity contribution in [1.29, 1.82) is 0 Å². The summed E-state index contributed by atoms with van der Waals surface area (Å²) < 4.78 is 14.4. The summed E-state index contributed by atoms with van der Waals surface area (Å²) in [4.78, 5) is 17.2. The predicted octanol–water partition coefficient (Wildman–Crippen LogP) is 5.18. The summed E-state index contributed by atoms with van der Waals surface area (Å²) in [5, 5.41) is 3.29. The zero-order chi connectivity index (χ0) is 20.4. The van der Waals surface area contributed by atoms with Gasteiger partial charge in [0.2, 0.25) is 5.91 Å². The van der Waals surface area contributed by atoms with Gasteiger partial charge in [0.05, 0.1) is 0 Å². The van der Waals surface area contributed by atoms with Crippen LogP contribution < -0.4 is 0 Å². The lowest BCUT2D eigenvalue weighted by atomic mass is 10.1. The van der Waals surface area contributed by atoms with E-state index in [2.05, 4.69) is 36.3 Å². The molecular weight excluding hydrogens is 383 g/mol. The Hall–Kier alpha value is -2.50. The van der Waals surface area contributed by atoms with E-state index in [1.807, 2.05) is 35.2 Å². The van der Waals surface area contributed by atoms with Gasteiger partial charge in [-0.1, -0.05) is 30.3 Å². The molecule has 2 unspecified atom stereocenters. The number of carbonyl (C=O) groups excluding carboxylic acids is 1. The Morgan fingerprint density at radius 3 is 2.66 bits per heavy atom. The molecule has 1 amide bonds. The normalized spacial score (nSPS) is 20.6. The van der Waals surface area contributed by atoms with Gasteiger partial charge in [0.15, 0.2) is 0 Å². The van der Waals surface area contributed by atoms with Crippen LogP contribution in [0.15, 0.2) is 60.0 Å². The van der Waals surface area contributed by atoms with E-state index >= 15 is 0 Å². The molecule has 2 aromatic carbocycles. The molecular formula is C24H25FN2OS. The molecule has 2 atom stereocenters. The smallest absolute Gasteiger partial charge is 0.246 e. The minimum atomic E-state index is -0.212. The van der Waals surface area contributed by atoms with E-state index in [-0.39, 0.29) is 23.8 Å². The fraction of sp³-hybridized carbons (Fsp3) is 0.292. The van der Waals surface area contributed by atoms with Gasteiger partial charge in [0, 0.05) is 42.5 Å². The molecule has 1 aliphatic rings. The lowest BCUT2D eigenvalue weighted by Crippen LogP contribution is -2.57. The number of piperazine rings is 1. The molecule has 150 valence electrons. The summed E-state index contributed by atoms with van der Waals surface area (Å²) in [6.07, 6.45) is 3.64. The number of halogens is 1. The lowest BCUT2D eigenvalue weighted by molar-refractivity contribution is -0.131. The highest BCUT2D eigenvalue weighted by atomic mass is 32.1. The largest absolute Gasteiger partial charge is 0.334 e. The molecule has 3 nitrogen and oxygen atoms in total. The van der Waals surface area contributed by atoms with E-state index in [0.29, 0.717) is 6.54 Å². The van der Waals surface area contributed by atoms with Crippen molar-refractivity contribution in [2.75, 3.05) is 13.1 Å². The van der Waals surface area contributed by atoms with Crippen molar-refractivity contribution >= 4 is 33.4 Å². The monoisotopic (exact) mass is 408 g/mol. The minimum Gasteiger partial charge on any atom is -0.334 e. The summed E-state index contributed by atoms with van der Waals surface area (Å²) >= 11 is 1.70. The van der Waals surface area contributed by atoms with Gasteiger partial charge in [-0.05, 0) is 60.0 Å². The van der Waals surface area contributed by atoms with Gasteiger partial charge < -0.3 is 4.90 Å². The van der Waals surface area contributed by atoms with Crippen molar-refractivity contribution in [1.82, 2.24) is 9.80 Å². The molecule has 2 heterocycles. The lowest BCUT2D eigenvalue weighted by Gasteiger charge is -2.43. The Labute approximate surface area is 175 Å². The Kier molecular flexibility index (Phi) is 5.79. The van der Waals surface area contributed by atoms with Crippen LogP contribution in [-0.2, 0) is 11.3 Å². The van der Waals surface area contributed by atoms with Crippen LogP contribution in [-0.4, -0.2) is 40.9 Å². The summed E-state index contributed by atoms with van der Waals surface area (Å²) in [6.45, 7) is 6.50. The molecule has 3 aromatic rings. The predicted molar refractivity (Wildman–Crippen MR) is 118 cm³/mol. The highest BCUT2D eigenvalue weighted by molar-refractivity contribution is 7.17. The van der Waals surface area contributed by atoms with Crippen molar-refractivity contribution < 1.29 is 9.18 Å². The van der Waals surface area contributed by atoms with Gasteiger partial charge in [-0.2, -0.15) is 0 Å². The SMILES string of the molecule is CC1CN(C(=O)/C=C/c2csc3ccccc23)C(C)CN1Cc1ccc(F)cc1. The maximum Gasteiger partial charge on any atom is 0.246 e. The van der Waals surface area contributed by atoms with E-state index < -0.39 is 0 Å². The Balaban J connectivity index is 1.41.